The summed E-state index contributed by atoms with van der Waals surface area (Å²) in [5.41, 5.74) is 0.443. The van der Waals surface area contributed by atoms with Crippen LogP contribution in [0.15, 0.2) is 0 Å². The Morgan fingerprint density at radius 3 is 2.44 bits per heavy atom. The maximum absolute atomic E-state index is 2.78. The first kappa shape index (κ1) is 12.4. The Morgan fingerprint density at radius 1 is 1.06 bits per heavy atom. The van der Waals surface area contributed by atoms with Crippen molar-refractivity contribution >= 4 is 0 Å². The summed E-state index contributed by atoms with van der Waals surface area (Å²) in [7, 11) is 0. The Labute approximate surface area is 101 Å². The van der Waals surface area contributed by atoms with E-state index in [1.807, 2.05) is 0 Å². The first-order valence-corrected chi connectivity index (χ1v) is 7.18. The lowest BCUT2D eigenvalue weighted by atomic mass is 9.92. The van der Waals surface area contributed by atoms with Crippen molar-refractivity contribution in [1.82, 2.24) is 9.80 Å². The van der Waals surface area contributed by atoms with Crippen LogP contribution in [0.2, 0.25) is 0 Å². The molecule has 2 aliphatic rings. The first-order valence-electron chi connectivity index (χ1n) is 7.18. The second kappa shape index (κ2) is 5.05. The SMILES string of the molecule is CCC(C)(CC)N1CCCN2CCCC2C1. The van der Waals surface area contributed by atoms with Gasteiger partial charge in [0.05, 0.1) is 0 Å². The van der Waals surface area contributed by atoms with Crippen LogP contribution >= 0.6 is 0 Å². The molecule has 0 aromatic carbocycles. The lowest BCUT2D eigenvalue weighted by molar-refractivity contribution is 0.0854. The Balaban J connectivity index is 2.04. The molecular formula is C14H28N2. The quantitative estimate of drug-likeness (QED) is 0.727. The van der Waals surface area contributed by atoms with Crippen molar-refractivity contribution in [3.05, 3.63) is 0 Å². The topological polar surface area (TPSA) is 6.48 Å². The molecule has 2 heteroatoms. The van der Waals surface area contributed by atoms with Gasteiger partial charge in [0.15, 0.2) is 0 Å². The fourth-order valence-corrected chi connectivity index (χ4v) is 3.39. The fourth-order valence-electron chi connectivity index (χ4n) is 3.39. The molecule has 0 spiro atoms. The van der Waals surface area contributed by atoms with Crippen LogP contribution in [-0.4, -0.2) is 47.6 Å². The van der Waals surface area contributed by atoms with Crippen LogP contribution in [0, 0.1) is 0 Å². The van der Waals surface area contributed by atoms with Gasteiger partial charge in [-0.25, -0.2) is 0 Å². The molecule has 0 radical (unpaired) electrons. The Kier molecular flexibility index (Phi) is 3.91. The number of rotatable bonds is 3. The zero-order chi connectivity index (χ0) is 11.6. The first-order chi connectivity index (χ1) is 7.69. The lowest BCUT2D eigenvalue weighted by Crippen LogP contribution is -2.49. The lowest BCUT2D eigenvalue weighted by Gasteiger charge is -2.41. The highest BCUT2D eigenvalue weighted by atomic mass is 15.3. The highest BCUT2D eigenvalue weighted by molar-refractivity contribution is 4.91. The highest BCUT2D eigenvalue weighted by Crippen LogP contribution is 2.29. The van der Waals surface area contributed by atoms with E-state index < -0.39 is 0 Å². The van der Waals surface area contributed by atoms with Gasteiger partial charge >= 0.3 is 0 Å². The van der Waals surface area contributed by atoms with E-state index in [2.05, 4.69) is 30.6 Å². The number of fused-ring (bicyclic) bond motifs is 1. The van der Waals surface area contributed by atoms with Crippen LogP contribution in [0.25, 0.3) is 0 Å². The summed E-state index contributed by atoms with van der Waals surface area (Å²) in [4.78, 5) is 5.51. The van der Waals surface area contributed by atoms with Crippen LogP contribution < -0.4 is 0 Å². The summed E-state index contributed by atoms with van der Waals surface area (Å²) in [5, 5.41) is 0. The maximum atomic E-state index is 2.78. The molecule has 0 aliphatic carbocycles. The highest BCUT2D eigenvalue weighted by Gasteiger charge is 2.35. The third kappa shape index (κ3) is 2.28. The van der Waals surface area contributed by atoms with Crippen molar-refractivity contribution in [2.45, 2.75) is 64.5 Å². The number of hydrogen-bond acceptors (Lipinski definition) is 2. The molecule has 0 aromatic heterocycles. The average molecular weight is 224 g/mol. The average Bonchev–Trinajstić information content (AvgIpc) is 2.65. The van der Waals surface area contributed by atoms with Gasteiger partial charge in [0.1, 0.15) is 0 Å². The van der Waals surface area contributed by atoms with Crippen molar-refractivity contribution < 1.29 is 0 Å². The summed E-state index contributed by atoms with van der Waals surface area (Å²) < 4.78 is 0. The van der Waals surface area contributed by atoms with E-state index >= 15 is 0 Å². The van der Waals surface area contributed by atoms with Crippen molar-refractivity contribution in [2.75, 3.05) is 26.2 Å². The summed E-state index contributed by atoms with van der Waals surface area (Å²) >= 11 is 0. The van der Waals surface area contributed by atoms with Crippen molar-refractivity contribution in [1.29, 1.82) is 0 Å². The normalized spacial score (nSPS) is 29.1. The molecule has 1 atom stereocenters. The van der Waals surface area contributed by atoms with E-state index in [0.717, 1.165) is 6.04 Å². The smallest absolute Gasteiger partial charge is 0.0223 e. The van der Waals surface area contributed by atoms with Gasteiger partial charge in [-0.2, -0.15) is 0 Å². The molecule has 2 aliphatic heterocycles. The van der Waals surface area contributed by atoms with E-state index in [-0.39, 0.29) is 0 Å². The van der Waals surface area contributed by atoms with E-state index in [9.17, 15) is 0 Å². The van der Waals surface area contributed by atoms with E-state index in [1.54, 1.807) is 0 Å². The molecule has 0 aromatic rings. The standard InChI is InChI=1S/C14H28N2/c1-4-14(3,5-2)16-11-7-10-15-9-6-8-13(15)12-16/h13H,4-12H2,1-3H3. The van der Waals surface area contributed by atoms with Crippen LogP contribution in [0.3, 0.4) is 0 Å². The summed E-state index contributed by atoms with van der Waals surface area (Å²) in [6.45, 7) is 12.5. The Hall–Kier alpha value is -0.0800. The molecule has 2 nitrogen and oxygen atoms in total. The van der Waals surface area contributed by atoms with E-state index in [4.69, 9.17) is 0 Å². The molecule has 0 bridgehead atoms. The summed E-state index contributed by atoms with van der Waals surface area (Å²) in [6.07, 6.45) is 6.80. The van der Waals surface area contributed by atoms with E-state index in [0.29, 0.717) is 5.54 Å². The van der Waals surface area contributed by atoms with Gasteiger partial charge < -0.3 is 0 Å². The third-order valence-corrected chi connectivity index (χ3v) is 5.09. The van der Waals surface area contributed by atoms with Gasteiger partial charge in [0, 0.05) is 18.1 Å². The largest absolute Gasteiger partial charge is 0.299 e. The zero-order valence-electron chi connectivity index (χ0n) is 11.3. The molecule has 16 heavy (non-hydrogen) atoms. The molecule has 1 unspecified atom stereocenters. The minimum atomic E-state index is 0.443. The molecule has 2 rings (SSSR count). The fraction of sp³-hybridized carbons (Fsp3) is 1.00. The van der Waals surface area contributed by atoms with Crippen LogP contribution in [0.1, 0.15) is 52.9 Å². The van der Waals surface area contributed by atoms with Gasteiger partial charge in [-0.3, -0.25) is 9.80 Å². The predicted octanol–water partition coefficient (Wildman–Crippen LogP) is 2.74. The summed E-state index contributed by atoms with van der Waals surface area (Å²) in [5.74, 6) is 0. The van der Waals surface area contributed by atoms with Gasteiger partial charge in [-0.15, -0.1) is 0 Å². The third-order valence-electron chi connectivity index (χ3n) is 5.09. The Bertz CT molecular complexity index is 223. The molecule has 0 amide bonds. The molecular weight excluding hydrogens is 196 g/mol. The zero-order valence-corrected chi connectivity index (χ0v) is 11.3. The molecule has 2 heterocycles. The molecule has 0 saturated carbocycles. The summed E-state index contributed by atoms with van der Waals surface area (Å²) in [6, 6.07) is 0.861. The van der Waals surface area contributed by atoms with Crippen molar-refractivity contribution in [3.63, 3.8) is 0 Å². The van der Waals surface area contributed by atoms with Crippen molar-refractivity contribution in [3.8, 4) is 0 Å². The van der Waals surface area contributed by atoms with Crippen LogP contribution in [-0.2, 0) is 0 Å². The Morgan fingerprint density at radius 2 is 1.75 bits per heavy atom. The minimum absolute atomic E-state index is 0.443. The van der Waals surface area contributed by atoms with E-state index in [1.165, 1.54) is 58.3 Å². The maximum Gasteiger partial charge on any atom is 0.0223 e. The van der Waals surface area contributed by atoms with Crippen molar-refractivity contribution in [2.24, 2.45) is 0 Å². The predicted molar refractivity (Wildman–Crippen MR) is 69.8 cm³/mol. The van der Waals surface area contributed by atoms with Gasteiger partial charge in [-0.1, -0.05) is 13.8 Å². The second-order valence-corrected chi connectivity index (χ2v) is 5.84. The number of hydrogen-bond donors (Lipinski definition) is 0. The van der Waals surface area contributed by atoms with Gasteiger partial charge in [-0.05, 0) is 58.7 Å². The monoisotopic (exact) mass is 224 g/mol. The molecule has 0 N–H and O–H groups in total. The number of nitrogens with zero attached hydrogens (tertiary/aromatic N) is 2. The minimum Gasteiger partial charge on any atom is -0.299 e. The molecule has 94 valence electrons. The second-order valence-electron chi connectivity index (χ2n) is 5.84. The molecule has 2 fully saturated rings. The van der Waals surface area contributed by atoms with Gasteiger partial charge in [0.2, 0.25) is 0 Å². The van der Waals surface area contributed by atoms with Crippen LogP contribution in [0.5, 0.6) is 0 Å². The molecule has 2 saturated heterocycles. The van der Waals surface area contributed by atoms with Gasteiger partial charge in [0.25, 0.3) is 0 Å². The van der Waals surface area contributed by atoms with Crippen LogP contribution in [0.4, 0.5) is 0 Å².